The molecular formula is C25H17Cl3F2N2O2. The van der Waals surface area contributed by atoms with Crippen LogP contribution in [-0.4, -0.2) is 16.1 Å². The second-order valence-electron chi connectivity index (χ2n) is 7.51. The molecule has 0 unspecified atom stereocenters. The lowest BCUT2D eigenvalue weighted by molar-refractivity contribution is 0.220. The average molecular weight is 522 g/mol. The lowest BCUT2D eigenvalue weighted by atomic mass is 10.00. The van der Waals surface area contributed by atoms with Crippen molar-refractivity contribution < 1.29 is 18.3 Å². The molecule has 1 heterocycles. The van der Waals surface area contributed by atoms with Gasteiger partial charge in [-0.25, -0.2) is 8.78 Å². The van der Waals surface area contributed by atoms with E-state index in [2.05, 4.69) is 9.97 Å². The van der Waals surface area contributed by atoms with Crippen molar-refractivity contribution in [3.05, 3.63) is 87.4 Å². The van der Waals surface area contributed by atoms with Gasteiger partial charge in [0.1, 0.15) is 5.75 Å². The number of halogens is 5. The van der Waals surface area contributed by atoms with Crippen molar-refractivity contribution in [3.8, 4) is 40.0 Å². The van der Waals surface area contributed by atoms with Crippen LogP contribution in [0.4, 0.5) is 8.78 Å². The van der Waals surface area contributed by atoms with Crippen molar-refractivity contribution in [2.45, 2.75) is 20.0 Å². The van der Waals surface area contributed by atoms with E-state index in [0.717, 1.165) is 12.1 Å². The van der Waals surface area contributed by atoms with Crippen LogP contribution in [0.15, 0.2) is 60.7 Å². The lowest BCUT2D eigenvalue weighted by Gasteiger charge is -2.18. The summed E-state index contributed by atoms with van der Waals surface area (Å²) in [4.78, 5) is 9.02. The zero-order valence-electron chi connectivity index (χ0n) is 18.0. The Labute approximate surface area is 210 Å². The van der Waals surface area contributed by atoms with E-state index in [4.69, 9.17) is 44.3 Å². The molecule has 0 aliphatic carbocycles. The molecule has 9 heteroatoms. The summed E-state index contributed by atoms with van der Waals surface area (Å²) in [6.07, 6.45) is -0.244. The molecule has 4 rings (SSSR count). The second-order valence-corrected chi connectivity index (χ2v) is 8.79. The SMILES string of the molecule is CC(C)Oc1nc(Oc2ccc(F)c(F)c2)c(-c2ccc(Cl)cc2)c(-c2ccc(Cl)cc2Cl)n1. The maximum Gasteiger partial charge on any atom is 0.320 e. The molecule has 0 atom stereocenters. The smallest absolute Gasteiger partial charge is 0.320 e. The highest BCUT2D eigenvalue weighted by Crippen LogP contribution is 2.43. The minimum absolute atomic E-state index is 0.0197. The molecule has 3 aromatic carbocycles. The first-order chi connectivity index (χ1) is 16.2. The van der Waals surface area contributed by atoms with Crippen LogP contribution < -0.4 is 9.47 Å². The van der Waals surface area contributed by atoms with Gasteiger partial charge >= 0.3 is 6.01 Å². The van der Waals surface area contributed by atoms with Crippen molar-refractivity contribution in [1.82, 2.24) is 9.97 Å². The van der Waals surface area contributed by atoms with Crippen LogP contribution in [0, 0.1) is 11.6 Å². The summed E-state index contributed by atoms with van der Waals surface area (Å²) in [6.45, 7) is 3.64. The minimum Gasteiger partial charge on any atom is -0.461 e. The number of hydrogen-bond donors (Lipinski definition) is 0. The third-order valence-corrected chi connectivity index (χ3v) is 5.42. The van der Waals surface area contributed by atoms with Gasteiger partial charge in [-0.3, -0.25) is 0 Å². The van der Waals surface area contributed by atoms with E-state index in [1.54, 1.807) is 42.5 Å². The van der Waals surface area contributed by atoms with Crippen molar-refractivity contribution in [2.24, 2.45) is 0 Å². The highest BCUT2D eigenvalue weighted by molar-refractivity contribution is 6.36. The maximum absolute atomic E-state index is 13.9. The van der Waals surface area contributed by atoms with Crippen molar-refractivity contribution >= 4 is 34.8 Å². The Morgan fingerprint density at radius 1 is 0.794 bits per heavy atom. The fraction of sp³-hybridized carbons (Fsp3) is 0.120. The number of rotatable bonds is 6. The van der Waals surface area contributed by atoms with Gasteiger partial charge in [0.05, 0.1) is 22.4 Å². The molecule has 0 spiro atoms. The van der Waals surface area contributed by atoms with Crippen LogP contribution in [0.5, 0.6) is 17.6 Å². The first-order valence-corrected chi connectivity index (χ1v) is 11.3. The van der Waals surface area contributed by atoms with Gasteiger partial charge in [-0.05, 0) is 61.9 Å². The van der Waals surface area contributed by atoms with E-state index in [1.165, 1.54) is 6.07 Å². The van der Waals surface area contributed by atoms with Gasteiger partial charge in [0.2, 0.25) is 5.88 Å². The van der Waals surface area contributed by atoms with Gasteiger partial charge in [-0.1, -0.05) is 46.9 Å². The van der Waals surface area contributed by atoms with E-state index >= 15 is 0 Å². The predicted octanol–water partition coefficient (Wildman–Crippen LogP) is 8.63. The fourth-order valence-electron chi connectivity index (χ4n) is 3.16. The van der Waals surface area contributed by atoms with Gasteiger partial charge in [-0.2, -0.15) is 9.97 Å². The highest BCUT2D eigenvalue weighted by Gasteiger charge is 2.23. The third-order valence-electron chi connectivity index (χ3n) is 4.62. The number of aromatic nitrogens is 2. The Bertz CT molecular complexity index is 1350. The molecular weight excluding hydrogens is 505 g/mol. The van der Waals surface area contributed by atoms with E-state index in [1.807, 2.05) is 13.8 Å². The Hall–Kier alpha value is -2.93. The van der Waals surface area contributed by atoms with Crippen molar-refractivity contribution in [1.29, 1.82) is 0 Å². The lowest BCUT2D eigenvalue weighted by Crippen LogP contribution is -2.10. The summed E-state index contributed by atoms with van der Waals surface area (Å²) < 4.78 is 39.0. The second kappa shape index (κ2) is 10.1. The molecule has 0 saturated heterocycles. The van der Waals surface area contributed by atoms with Crippen LogP contribution in [0.25, 0.3) is 22.4 Å². The molecule has 4 aromatic rings. The molecule has 4 nitrogen and oxygen atoms in total. The first kappa shape index (κ1) is 24.2. The molecule has 0 bridgehead atoms. The Morgan fingerprint density at radius 3 is 2.15 bits per heavy atom. The van der Waals surface area contributed by atoms with Crippen LogP contribution >= 0.6 is 34.8 Å². The fourth-order valence-corrected chi connectivity index (χ4v) is 3.79. The van der Waals surface area contributed by atoms with Crippen LogP contribution in [0.3, 0.4) is 0 Å². The monoisotopic (exact) mass is 520 g/mol. The summed E-state index contributed by atoms with van der Waals surface area (Å²) in [5.41, 5.74) is 2.04. The minimum atomic E-state index is -1.06. The highest BCUT2D eigenvalue weighted by atomic mass is 35.5. The molecule has 0 radical (unpaired) electrons. The van der Waals surface area contributed by atoms with E-state index in [0.29, 0.717) is 37.5 Å². The molecule has 34 heavy (non-hydrogen) atoms. The molecule has 0 fully saturated rings. The topological polar surface area (TPSA) is 44.2 Å². The molecule has 0 aliphatic rings. The van der Waals surface area contributed by atoms with Crippen molar-refractivity contribution in [3.63, 3.8) is 0 Å². The number of hydrogen-bond acceptors (Lipinski definition) is 4. The van der Waals surface area contributed by atoms with Gasteiger partial charge in [0.15, 0.2) is 11.6 Å². The standard InChI is InChI=1S/C25H17Cl3F2N2O2/c1-13(2)33-25-31-23(18-9-7-16(27)11-19(18)28)22(14-3-5-15(26)6-4-14)24(32-25)34-17-8-10-20(29)21(30)12-17/h3-13H,1-2H3. The Kier molecular flexibility index (Phi) is 7.22. The maximum atomic E-state index is 13.9. The summed E-state index contributed by atoms with van der Waals surface area (Å²) in [6, 6.07) is 15.1. The van der Waals surface area contributed by atoms with E-state index in [9.17, 15) is 8.78 Å². The Morgan fingerprint density at radius 2 is 1.50 bits per heavy atom. The van der Waals surface area contributed by atoms with E-state index < -0.39 is 11.6 Å². The zero-order chi connectivity index (χ0) is 24.4. The number of ether oxygens (including phenoxy) is 2. The normalized spacial score (nSPS) is 11.1. The van der Waals surface area contributed by atoms with E-state index in [-0.39, 0.29) is 23.7 Å². The summed E-state index contributed by atoms with van der Waals surface area (Å²) >= 11 is 18.7. The van der Waals surface area contributed by atoms with Gasteiger partial charge in [0, 0.05) is 21.7 Å². The van der Waals surface area contributed by atoms with Gasteiger partial charge in [-0.15, -0.1) is 0 Å². The third kappa shape index (κ3) is 5.41. The first-order valence-electron chi connectivity index (χ1n) is 10.1. The summed E-state index contributed by atoms with van der Waals surface area (Å²) in [7, 11) is 0. The summed E-state index contributed by atoms with van der Waals surface area (Å²) in [5, 5.41) is 1.32. The van der Waals surface area contributed by atoms with Gasteiger partial charge in [0.25, 0.3) is 0 Å². The van der Waals surface area contributed by atoms with Crippen molar-refractivity contribution in [2.75, 3.05) is 0 Å². The molecule has 0 saturated carbocycles. The zero-order valence-corrected chi connectivity index (χ0v) is 20.2. The number of benzene rings is 3. The molecule has 0 amide bonds. The van der Waals surface area contributed by atoms with Crippen LogP contribution in [0.2, 0.25) is 15.1 Å². The van der Waals surface area contributed by atoms with Gasteiger partial charge < -0.3 is 9.47 Å². The molecule has 0 aliphatic heterocycles. The Balaban J connectivity index is 1.99. The molecule has 1 aromatic heterocycles. The predicted molar refractivity (Wildman–Crippen MR) is 130 cm³/mol. The molecule has 0 N–H and O–H groups in total. The largest absolute Gasteiger partial charge is 0.461 e. The summed E-state index contributed by atoms with van der Waals surface area (Å²) in [5.74, 6) is -1.96. The number of nitrogens with zero attached hydrogens (tertiary/aromatic N) is 2. The van der Waals surface area contributed by atoms with Crippen LogP contribution in [0.1, 0.15) is 13.8 Å². The average Bonchev–Trinajstić information content (AvgIpc) is 2.76. The quantitative estimate of drug-likeness (QED) is 0.255. The molecule has 174 valence electrons. The van der Waals surface area contributed by atoms with Crippen LogP contribution in [-0.2, 0) is 0 Å².